The monoisotopic (exact) mass is 549 g/mol. The summed E-state index contributed by atoms with van der Waals surface area (Å²) in [5, 5.41) is 0. The molecule has 134 valence electrons. The van der Waals surface area contributed by atoms with Gasteiger partial charge in [-0.2, -0.15) is 27.8 Å². The molecule has 2 radical (unpaired) electrons. The van der Waals surface area contributed by atoms with Crippen molar-refractivity contribution < 1.29 is 25.8 Å². The average molecular weight is 549 g/mol. The van der Waals surface area contributed by atoms with Crippen LogP contribution >= 0.6 is 24.8 Å². The van der Waals surface area contributed by atoms with Crippen molar-refractivity contribution in [2.45, 2.75) is 73.9 Å². The Hall–Kier alpha value is 1.19. The van der Waals surface area contributed by atoms with Crippen LogP contribution in [0.1, 0.15) is 27.8 Å². The fraction of sp³-hybridized carbons (Fsp3) is 0.688. The molecule has 0 amide bonds. The van der Waals surface area contributed by atoms with Crippen LogP contribution in [0.25, 0.3) is 6.15 Å². The third-order valence-corrected chi connectivity index (χ3v) is 2.81. The summed E-state index contributed by atoms with van der Waals surface area (Å²) in [6.07, 6.45) is 0. The van der Waals surface area contributed by atoms with Crippen LogP contribution in [0.15, 0.2) is 0 Å². The molecule has 0 saturated heterocycles. The second-order valence-electron chi connectivity index (χ2n) is 6.12. The third kappa shape index (κ3) is 19.2. The molecule has 0 atom stereocenters. The smallest absolute Gasteiger partial charge is 0.0379 e. The Morgan fingerprint density at radius 2 is 0.773 bits per heavy atom. The molecule has 0 aliphatic rings. The summed E-state index contributed by atoms with van der Waals surface area (Å²) in [5.74, 6) is 0. The zero-order chi connectivity index (χ0) is 15.0. The van der Waals surface area contributed by atoms with Gasteiger partial charge in [0.2, 0.25) is 0 Å². The molecule has 0 aliphatic carbocycles. The molecule has 0 fully saturated rings. The van der Waals surface area contributed by atoms with Crippen molar-refractivity contribution in [2.75, 3.05) is 0 Å². The van der Waals surface area contributed by atoms with Gasteiger partial charge >= 0.3 is 0 Å². The van der Waals surface area contributed by atoms with Crippen LogP contribution in [-0.4, -0.2) is 17.6 Å². The van der Waals surface area contributed by atoms with Gasteiger partial charge in [-0.05, 0) is 0 Å². The van der Waals surface area contributed by atoms with E-state index in [0.717, 1.165) is 0 Å². The first kappa shape index (κ1) is 38.6. The van der Waals surface area contributed by atoms with Gasteiger partial charge in [-0.15, -0.1) is 24.8 Å². The second kappa shape index (κ2) is 20.2. The van der Waals surface area contributed by atoms with Gasteiger partial charge in [0.05, 0.1) is 0 Å². The topological polar surface area (TPSA) is 33.5 Å². The Labute approximate surface area is 175 Å². The minimum absolute atomic E-state index is 0. The maximum atomic E-state index is 2.27. The van der Waals surface area contributed by atoms with E-state index in [2.05, 4.69) is 73.9 Å². The summed E-state index contributed by atoms with van der Waals surface area (Å²) in [4.78, 5) is 0. The van der Waals surface area contributed by atoms with E-state index in [1.807, 2.05) is 0 Å². The van der Waals surface area contributed by atoms with Crippen LogP contribution in [0.3, 0.4) is 0 Å². The molecular formula is C16H37Cl2HfNSi2-2. The summed E-state index contributed by atoms with van der Waals surface area (Å²) in [7, 11) is 0.241. The molecule has 0 unspecified atom stereocenters. The van der Waals surface area contributed by atoms with Gasteiger partial charge in [0, 0.05) is 43.4 Å². The molecule has 2 N–H and O–H groups in total. The molecule has 22 heavy (non-hydrogen) atoms. The van der Waals surface area contributed by atoms with Crippen molar-refractivity contribution in [2.24, 2.45) is 0 Å². The fourth-order valence-corrected chi connectivity index (χ4v) is 1.41. The molecule has 1 aromatic rings. The Balaban J connectivity index is -0.0000000467. The largest absolute Gasteiger partial charge is 0.693 e. The van der Waals surface area contributed by atoms with Gasteiger partial charge in [0.25, 0.3) is 0 Å². The Morgan fingerprint density at radius 3 is 0.818 bits per heavy atom. The maximum absolute atomic E-state index is 2.27. The van der Waals surface area contributed by atoms with Gasteiger partial charge in [0.15, 0.2) is 0 Å². The normalized spacial score (nSPS) is 8.05. The van der Waals surface area contributed by atoms with Crippen LogP contribution in [0, 0.1) is 34.6 Å². The molecular weight excluding hydrogens is 512 g/mol. The zero-order valence-corrected chi connectivity index (χ0v) is 23.6. The summed E-state index contributed by atoms with van der Waals surface area (Å²) < 4.78 is 0. The van der Waals surface area contributed by atoms with Crippen LogP contribution in [-0.2, 0) is 25.8 Å². The SMILES string of the molecule is C[Si](C)C.C[Si](C)C.Cc1c(C)c(C)[c-](C)c1C.Cl.Cl.[Hf].[NH2-]. The predicted octanol–water partition coefficient (Wildman–Crippen LogP) is 7.25. The Morgan fingerprint density at radius 1 is 0.636 bits per heavy atom. The van der Waals surface area contributed by atoms with Crippen molar-refractivity contribution >= 4 is 42.4 Å². The molecule has 0 spiro atoms. The van der Waals surface area contributed by atoms with Crippen LogP contribution in [0.2, 0.25) is 39.3 Å². The van der Waals surface area contributed by atoms with Crippen molar-refractivity contribution in [3.05, 3.63) is 34.0 Å². The second-order valence-corrected chi connectivity index (χ2v) is 12.1. The minimum Gasteiger partial charge on any atom is -0.693 e. The number of halogens is 2. The predicted molar refractivity (Wildman–Crippen MR) is 112 cm³/mol. The standard InChI is InChI=1S/C10H15.2C3H9Si.2ClH.Hf.H2N/c1-6-7(2)9(4)10(5)8(6)3;2*1-4(2)3;;;;/h1-5H3;2*1-3H3;2*1H;;1H2/q-1;;;;;;-1. The van der Waals surface area contributed by atoms with E-state index in [4.69, 9.17) is 0 Å². The minimum atomic E-state index is 0. The Kier molecular flexibility index (Phi) is 35.6. The van der Waals surface area contributed by atoms with E-state index in [1.165, 1.54) is 27.8 Å². The first-order valence-corrected chi connectivity index (χ1v) is 12.8. The van der Waals surface area contributed by atoms with Crippen LogP contribution < -0.4 is 0 Å². The summed E-state index contributed by atoms with van der Waals surface area (Å²) >= 11 is 0. The first-order chi connectivity index (χ1) is 8.02. The molecule has 0 heterocycles. The van der Waals surface area contributed by atoms with E-state index in [1.54, 1.807) is 0 Å². The first-order valence-electron chi connectivity index (χ1n) is 6.75. The average Bonchev–Trinajstić information content (AvgIpc) is 2.35. The molecule has 1 aromatic carbocycles. The van der Waals surface area contributed by atoms with Gasteiger partial charge in [0.1, 0.15) is 0 Å². The molecule has 1 nitrogen and oxygen atoms in total. The Bertz CT molecular complexity index is 263. The van der Waals surface area contributed by atoms with Gasteiger partial charge in [-0.3, -0.25) is 0 Å². The van der Waals surface area contributed by atoms with Crippen molar-refractivity contribution in [3.8, 4) is 0 Å². The van der Waals surface area contributed by atoms with Gasteiger partial charge in [-0.1, -0.05) is 73.9 Å². The van der Waals surface area contributed by atoms with E-state index >= 15 is 0 Å². The van der Waals surface area contributed by atoms with E-state index in [9.17, 15) is 0 Å². The molecule has 0 aliphatic heterocycles. The summed E-state index contributed by atoms with van der Waals surface area (Å²) in [5.41, 5.74) is 7.34. The molecule has 1 rings (SSSR count). The number of nitrogens with two attached hydrogens (primary N) is 1. The third-order valence-electron chi connectivity index (χ3n) is 2.81. The summed E-state index contributed by atoms with van der Waals surface area (Å²) in [6.45, 7) is 24.6. The zero-order valence-electron chi connectivity index (χ0n) is 16.4. The van der Waals surface area contributed by atoms with Crippen molar-refractivity contribution in [3.63, 3.8) is 0 Å². The number of hydrogen-bond acceptors (Lipinski definition) is 0. The fourth-order valence-electron chi connectivity index (χ4n) is 1.41. The van der Waals surface area contributed by atoms with Crippen molar-refractivity contribution in [1.82, 2.24) is 0 Å². The number of rotatable bonds is 0. The molecule has 6 heteroatoms. The summed E-state index contributed by atoms with van der Waals surface area (Å²) in [6, 6.07) is 0. The van der Waals surface area contributed by atoms with Crippen LogP contribution in [0.4, 0.5) is 0 Å². The maximum Gasteiger partial charge on any atom is 0.0379 e. The van der Waals surface area contributed by atoms with E-state index in [-0.39, 0.29) is 74.4 Å². The van der Waals surface area contributed by atoms with E-state index in [0.29, 0.717) is 0 Å². The quantitative estimate of drug-likeness (QED) is 0.242. The number of hydrogen-bond donors (Lipinski definition) is 0. The van der Waals surface area contributed by atoms with Gasteiger partial charge < -0.3 is 6.15 Å². The van der Waals surface area contributed by atoms with Crippen LogP contribution in [0.5, 0.6) is 0 Å². The molecule has 0 saturated carbocycles. The van der Waals surface area contributed by atoms with Crippen molar-refractivity contribution in [1.29, 1.82) is 0 Å². The van der Waals surface area contributed by atoms with Gasteiger partial charge in [-0.25, -0.2) is 0 Å². The van der Waals surface area contributed by atoms with E-state index < -0.39 is 0 Å². The molecule has 0 bridgehead atoms. The molecule has 0 aromatic heterocycles.